The first kappa shape index (κ1) is 40.9. The van der Waals surface area contributed by atoms with E-state index in [4.69, 9.17) is 0 Å². The molecule has 43 heavy (non-hydrogen) atoms. The van der Waals surface area contributed by atoms with Crippen molar-refractivity contribution < 1.29 is 0 Å². The molecular weight excluding hydrogens is 524 g/mol. The minimum Gasteiger partial charge on any atom is -0.369 e. The van der Waals surface area contributed by atoms with Gasteiger partial charge < -0.3 is 14.7 Å². The van der Waals surface area contributed by atoms with Crippen molar-refractivity contribution in [1.29, 1.82) is 0 Å². The Morgan fingerprint density at radius 2 is 1.53 bits per heavy atom. The molecule has 1 aromatic rings. The summed E-state index contributed by atoms with van der Waals surface area (Å²) in [4.78, 5) is 10.1. The summed E-state index contributed by atoms with van der Waals surface area (Å²) in [5, 5.41) is 0. The Kier molecular flexibility index (Phi) is 25.0. The number of unbranched alkanes of at least 4 members (excludes halogenated alkanes) is 4. The molecule has 0 aromatic heterocycles. The van der Waals surface area contributed by atoms with E-state index in [9.17, 15) is 0 Å². The van der Waals surface area contributed by atoms with Crippen molar-refractivity contribution in [3.8, 4) is 0 Å². The van der Waals surface area contributed by atoms with Crippen LogP contribution in [0.25, 0.3) is 11.6 Å². The van der Waals surface area contributed by atoms with Gasteiger partial charge in [0.05, 0.1) is 0 Å². The maximum Gasteiger partial charge on any atom is 0.0448 e. The maximum atomic E-state index is 4.54. The number of piperidine rings is 1. The number of allylic oxidation sites excluding steroid dienone is 1. The molecule has 0 radical (unpaired) electrons. The zero-order valence-corrected chi connectivity index (χ0v) is 29.7. The molecule has 246 valence electrons. The fourth-order valence-electron chi connectivity index (χ4n) is 5.57. The molecule has 4 nitrogen and oxygen atoms in total. The highest BCUT2D eigenvalue weighted by molar-refractivity contribution is 5.78. The van der Waals surface area contributed by atoms with Crippen LogP contribution < -0.4 is 4.90 Å². The van der Waals surface area contributed by atoms with E-state index in [2.05, 4.69) is 85.1 Å². The molecule has 2 rings (SSSR count). The van der Waals surface area contributed by atoms with Gasteiger partial charge in [0, 0.05) is 56.6 Å². The van der Waals surface area contributed by atoms with Crippen LogP contribution in [0, 0.1) is 0 Å². The van der Waals surface area contributed by atoms with Crippen LogP contribution in [0.2, 0.25) is 0 Å². The van der Waals surface area contributed by atoms with Crippen LogP contribution in [0.5, 0.6) is 0 Å². The summed E-state index contributed by atoms with van der Waals surface area (Å²) in [6, 6.07) is 7.45. The number of benzene rings is 1. The summed E-state index contributed by atoms with van der Waals surface area (Å²) in [5.41, 5.74) is 4.99. The standard InChI is InChI=1S/C35H58N4.2C2H6/c1-8-12-14-15-16-17-31(5)34-19-18-32(11-4)30-35(34)39(23-13-9-2)29-28-38(22-10-3)27-26-37(7)33-20-24-36(6)25-21-33;2*1-2/h9-11,18-19,30,33H,2-5,8,12-17,20-29H2,1,6-7H3;2*1-2H3. The van der Waals surface area contributed by atoms with Gasteiger partial charge in [-0.05, 0) is 76.5 Å². The van der Waals surface area contributed by atoms with Gasteiger partial charge in [0.1, 0.15) is 0 Å². The van der Waals surface area contributed by atoms with Crippen LogP contribution in [0.15, 0.2) is 56.7 Å². The lowest BCUT2D eigenvalue weighted by atomic mass is 9.96. The topological polar surface area (TPSA) is 13.0 Å². The molecule has 1 saturated heterocycles. The van der Waals surface area contributed by atoms with Crippen molar-refractivity contribution >= 4 is 17.3 Å². The lowest BCUT2D eigenvalue weighted by molar-refractivity contribution is 0.131. The molecular formula is C39H70N4. The number of nitrogens with zero attached hydrogens (tertiary/aromatic N) is 4. The number of anilines is 1. The second-order valence-corrected chi connectivity index (χ2v) is 11.4. The quantitative estimate of drug-likeness (QED) is 0.104. The molecule has 1 aliphatic rings. The van der Waals surface area contributed by atoms with E-state index >= 15 is 0 Å². The van der Waals surface area contributed by atoms with E-state index in [0.29, 0.717) is 6.04 Å². The number of rotatable bonds is 21. The maximum absolute atomic E-state index is 4.54. The van der Waals surface area contributed by atoms with Crippen LogP contribution in [-0.2, 0) is 0 Å². The molecule has 0 atom stereocenters. The van der Waals surface area contributed by atoms with Crippen molar-refractivity contribution in [1.82, 2.24) is 14.7 Å². The molecule has 0 spiro atoms. The predicted octanol–water partition coefficient (Wildman–Crippen LogP) is 9.65. The molecule has 4 heteroatoms. The second kappa shape index (κ2) is 26.3. The van der Waals surface area contributed by atoms with Crippen LogP contribution in [0.4, 0.5) is 5.69 Å². The molecule has 1 fully saturated rings. The summed E-state index contributed by atoms with van der Waals surface area (Å²) >= 11 is 0. The Morgan fingerprint density at radius 3 is 2.14 bits per heavy atom. The van der Waals surface area contributed by atoms with E-state index in [0.717, 1.165) is 57.7 Å². The third kappa shape index (κ3) is 16.5. The van der Waals surface area contributed by atoms with Gasteiger partial charge in [-0.25, -0.2) is 0 Å². The lowest BCUT2D eigenvalue weighted by Gasteiger charge is -2.36. The van der Waals surface area contributed by atoms with Gasteiger partial charge in [-0.15, -0.1) is 13.2 Å². The van der Waals surface area contributed by atoms with Crippen molar-refractivity contribution in [3.05, 3.63) is 67.8 Å². The van der Waals surface area contributed by atoms with Crippen molar-refractivity contribution in [3.63, 3.8) is 0 Å². The van der Waals surface area contributed by atoms with Gasteiger partial charge in [-0.3, -0.25) is 4.90 Å². The summed E-state index contributed by atoms with van der Waals surface area (Å²) < 4.78 is 0. The van der Waals surface area contributed by atoms with E-state index < -0.39 is 0 Å². The van der Waals surface area contributed by atoms with Crippen molar-refractivity contribution in [2.45, 2.75) is 98.4 Å². The second-order valence-electron chi connectivity index (χ2n) is 11.4. The van der Waals surface area contributed by atoms with Gasteiger partial charge in [0.15, 0.2) is 0 Å². The van der Waals surface area contributed by atoms with E-state index in [1.54, 1.807) is 0 Å². The molecule has 0 saturated carbocycles. The lowest BCUT2D eigenvalue weighted by Crippen LogP contribution is -2.45. The van der Waals surface area contributed by atoms with E-state index in [1.165, 1.54) is 74.9 Å². The summed E-state index contributed by atoms with van der Waals surface area (Å²) in [7, 11) is 4.54. The van der Waals surface area contributed by atoms with Gasteiger partial charge in [-0.2, -0.15) is 0 Å². The zero-order chi connectivity index (χ0) is 32.5. The van der Waals surface area contributed by atoms with Gasteiger partial charge in [0.25, 0.3) is 0 Å². The highest BCUT2D eigenvalue weighted by atomic mass is 15.2. The zero-order valence-electron chi connectivity index (χ0n) is 29.7. The van der Waals surface area contributed by atoms with Gasteiger partial charge >= 0.3 is 0 Å². The molecule has 1 aliphatic heterocycles. The van der Waals surface area contributed by atoms with Crippen LogP contribution in [-0.4, -0.2) is 87.2 Å². The largest absolute Gasteiger partial charge is 0.369 e. The molecule has 0 N–H and O–H groups in total. The molecule has 0 bridgehead atoms. The number of hydrogen-bond acceptors (Lipinski definition) is 4. The number of likely N-dealkylation sites (tertiary alicyclic amines) is 1. The third-order valence-electron chi connectivity index (χ3n) is 8.32. The smallest absolute Gasteiger partial charge is 0.0448 e. The first-order valence-electron chi connectivity index (χ1n) is 17.5. The number of hydrogen-bond donors (Lipinski definition) is 0. The Labute approximate surface area is 269 Å². The average Bonchev–Trinajstić information content (AvgIpc) is 3.05. The van der Waals surface area contributed by atoms with Gasteiger partial charge in [0.2, 0.25) is 0 Å². The van der Waals surface area contributed by atoms with Gasteiger partial charge in [-0.1, -0.05) is 104 Å². The Hall–Kier alpha value is -2.14. The van der Waals surface area contributed by atoms with Crippen LogP contribution >= 0.6 is 0 Å². The monoisotopic (exact) mass is 595 g/mol. The normalized spacial score (nSPS) is 13.5. The minimum absolute atomic E-state index is 0.702. The Bertz CT molecular complexity index is 868. The van der Waals surface area contributed by atoms with E-state index in [-0.39, 0.29) is 0 Å². The molecule has 0 aliphatic carbocycles. The third-order valence-corrected chi connectivity index (χ3v) is 8.32. The van der Waals surface area contributed by atoms with Crippen LogP contribution in [0.1, 0.15) is 104 Å². The minimum atomic E-state index is 0.702. The Morgan fingerprint density at radius 1 is 0.884 bits per heavy atom. The SMILES string of the molecule is C=CCCN(CCN(CC=C)CCN(C)C1CCN(C)CC1)c1cc(C=C)ccc1C(=C)CCCCCCC.CC.CC. The highest BCUT2D eigenvalue weighted by Crippen LogP contribution is 2.31. The fourth-order valence-corrected chi connectivity index (χ4v) is 5.57. The van der Waals surface area contributed by atoms with Crippen molar-refractivity contribution in [2.24, 2.45) is 0 Å². The number of likely N-dealkylation sites (N-methyl/N-ethyl adjacent to an activating group) is 1. The molecule has 1 aromatic carbocycles. The fraction of sp³-hybridized carbons (Fsp3) is 0.641. The van der Waals surface area contributed by atoms with Crippen LogP contribution in [0.3, 0.4) is 0 Å². The first-order valence-corrected chi connectivity index (χ1v) is 17.5. The summed E-state index contributed by atoms with van der Waals surface area (Å²) in [6.45, 7) is 35.4. The molecule has 0 unspecified atom stereocenters. The Balaban J connectivity index is 0.00000422. The average molecular weight is 595 g/mol. The summed E-state index contributed by atoms with van der Waals surface area (Å²) in [5.74, 6) is 0. The predicted molar refractivity (Wildman–Crippen MR) is 198 cm³/mol. The molecule has 0 amide bonds. The van der Waals surface area contributed by atoms with Crippen molar-refractivity contribution in [2.75, 3.05) is 71.4 Å². The van der Waals surface area contributed by atoms with E-state index in [1.807, 2.05) is 45.9 Å². The summed E-state index contributed by atoms with van der Waals surface area (Å²) in [6.07, 6.45) is 17.0. The molecule has 1 heterocycles. The first-order chi connectivity index (χ1) is 20.9. The highest BCUT2D eigenvalue weighted by Gasteiger charge is 2.21.